The van der Waals surface area contributed by atoms with Gasteiger partial charge in [0.25, 0.3) is 11.8 Å². The molecule has 2 aromatic carbocycles. The van der Waals surface area contributed by atoms with Crippen LogP contribution in [0, 0.1) is 0 Å². The number of hydrogen-bond donors (Lipinski definition) is 4. The molecule has 0 radical (unpaired) electrons. The number of aromatic nitrogens is 2. The highest BCUT2D eigenvalue weighted by Gasteiger charge is 2.53. The monoisotopic (exact) mass is 622 g/mol. The van der Waals surface area contributed by atoms with Gasteiger partial charge in [0.2, 0.25) is 0 Å². The number of rotatable bonds is 9. The van der Waals surface area contributed by atoms with Gasteiger partial charge in [0.15, 0.2) is 5.82 Å². The summed E-state index contributed by atoms with van der Waals surface area (Å²) in [6, 6.07) is 10.8. The van der Waals surface area contributed by atoms with Crippen LogP contribution in [0.4, 0.5) is 0 Å². The summed E-state index contributed by atoms with van der Waals surface area (Å²) in [7, 11) is -1.30. The first kappa shape index (κ1) is 29.8. The van der Waals surface area contributed by atoms with Crippen molar-refractivity contribution in [2.75, 3.05) is 6.26 Å². The molecule has 0 saturated heterocycles. The van der Waals surface area contributed by atoms with Crippen molar-refractivity contribution in [2.45, 2.75) is 62.9 Å². The lowest BCUT2D eigenvalue weighted by atomic mass is 9.76. The number of benzene rings is 2. The Balaban J connectivity index is 1.57. The Labute approximate surface area is 249 Å². The summed E-state index contributed by atoms with van der Waals surface area (Å²) in [5.74, 6) is -1.38. The summed E-state index contributed by atoms with van der Waals surface area (Å²) in [6.45, 7) is -0.626. The molecular formula is C27H30Cl2N5O6S+. The number of aliphatic hydroxyl groups excluding tert-OH is 1. The van der Waals surface area contributed by atoms with Crippen molar-refractivity contribution >= 4 is 46.0 Å². The van der Waals surface area contributed by atoms with Crippen LogP contribution >= 0.6 is 23.2 Å². The van der Waals surface area contributed by atoms with E-state index in [1.54, 1.807) is 48.7 Å². The maximum atomic E-state index is 14.3. The van der Waals surface area contributed by atoms with Crippen LogP contribution in [0.3, 0.4) is 0 Å². The largest absolute Gasteiger partial charge is 0.387 e. The van der Waals surface area contributed by atoms with E-state index < -0.39 is 35.5 Å². The lowest BCUT2D eigenvalue weighted by Crippen LogP contribution is -3.21. The maximum Gasteiger partial charge on any atom is 0.345 e. The average Bonchev–Trinajstić information content (AvgIpc) is 3.41. The minimum Gasteiger partial charge on any atom is -0.387 e. The number of amides is 2. The molecule has 2 amide bonds. The van der Waals surface area contributed by atoms with Crippen molar-refractivity contribution < 1.29 is 33.2 Å². The second-order valence-corrected chi connectivity index (χ2v) is 12.1. The number of carbonyl (C=O) groups is 2. The van der Waals surface area contributed by atoms with Crippen molar-refractivity contribution in [3.63, 3.8) is 0 Å². The highest BCUT2D eigenvalue weighted by molar-refractivity contribution is 7.82. The van der Waals surface area contributed by atoms with E-state index >= 15 is 0 Å². The third-order valence-corrected chi connectivity index (χ3v) is 8.75. The fraction of sp³-hybridized carbons (Fsp3) is 0.407. The molecule has 6 atom stereocenters. The first-order valence-corrected chi connectivity index (χ1v) is 15.5. The van der Waals surface area contributed by atoms with Gasteiger partial charge in [-0.15, -0.1) is 0 Å². The molecule has 3 aromatic rings. The van der Waals surface area contributed by atoms with E-state index in [1.807, 2.05) is 0 Å². The second kappa shape index (κ2) is 13.1. The van der Waals surface area contributed by atoms with E-state index in [1.165, 1.54) is 0 Å². The van der Waals surface area contributed by atoms with Gasteiger partial charge in [-0.2, -0.15) is 4.98 Å². The molecule has 1 aliphatic heterocycles. The van der Waals surface area contributed by atoms with Crippen LogP contribution in [-0.2, 0) is 33.8 Å². The number of nitrogens with one attached hydrogen (secondary N) is 3. The topological polar surface area (TPSA) is 148 Å². The lowest BCUT2D eigenvalue weighted by Gasteiger charge is -2.44. The zero-order chi connectivity index (χ0) is 29.1. The quantitative estimate of drug-likeness (QED) is 0.265. The summed E-state index contributed by atoms with van der Waals surface area (Å²) in [4.78, 5) is 38.2. The van der Waals surface area contributed by atoms with Gasteiger partial charge in [-0.25, -0.2) is 19.2 Å². The van der Waals surface area contributed by atoms with Gasteiger partial charge in [-0.1, -0.05) is 59.0 Å². The molecule has 0 bridgehead atoms. The van der Waals surface area contributed by atoms with Gasteiger partial charge in [0, 0.05) is 23.3 Å². The first-order chi connectivity index (χ1) is 19.8. The molecule has 14 heteroatoms. The van der Waals surface area contributed by atoms with Crippen LogP contribution in [0.15, 0.2) is 47.0 Å². The second-order valence-electron chi connectivity index (χ2n) is 10.1. The van der Waals surface area contributed by atoms with Crippen LogP contribution in [0.1, 0.15) is 70.8 Å². The molecule has 11 nitrogen and oxygen atoms in total. The third kappa shape index (κ3) is 6.38. The fourth-order valence-electron chi connectivity index (χ4n) is 5.93. The predicted molar refractivity (Wildman–Crippen MR) is 150 cm³/mol. The van der Waals surface area contributed by atoms with Gasteiger partial charge >= 0.3 is 5.91 Å². The zero-order valence-corrected chi connectivity index (χ0v) is 24.5. The molecule has 5 rings (SSSR count). The highest BCUT2D eigenvalue weighted by Crippen LogP contribution is 2.39. The van der Waals surface area contributed by atoms with Crippen LogP contribution < -0.4 is 15.1 Å². The van der Waals surface area contributed by atoms with Gasteiger partial charge in [0.05, 0.1) is 27.6 Å². The van der Waals surface area contributed by atoms with E-state index in [0.29, 0.717) is 38.1 Å². The number of aliphatic hydroxyl groups is 1. The molecule has 3 unspecified atom stereocenters. The Kier molecular flexibility index (Phi) is 9.49. The van der Waals surface area contributed by atoms with Crippen molar-refractivity contribution in [2.24, 2.45) is 0 Å². The predicted octanol–water partition coefficient (Wildman–Crippen LogP) is 2.17. The summed E-state index contributed by atoms with van der Waals surface area (Å²) >= 11 is 13.0. The van der Waals surface area contributed by atoms with Gasteiger partial charge in [-0.3, -0.25) is 14.5 Å². The summed E-state index contributed by atoms with van der Waals surface area (Å²) in [5, 5.41) is 13.6. The van der Waals surface area contributed by atoms with Crippen molar-refractivity contribution in [3.8, 4) is 0 Å². The maximum absolute atomic E-state index is 14.3. The number of halogens is 2. The SMILES string of the molecule is CS(=O)N[C@H]1CCCCC1[NH+]1C(=O)c2ccccc2[C@@H](C(=O)NOCc2noc(CO)n2)[C@@H]1c1ccc(Cl)cc1Cl. The minimum absolute atomic E-state index is 0.0231. The Morgan fingerprint density at radius 3 is 2.71 bits per heavy atom. The number of quaternary nitrogens is 1. The fourth-order valence-corrected chi connectivity index (χ4v) is 7.16. The molecule has 1 fully saturated rings. The molecule has 1 aromatic heterocycles. The standard InChI is InChI=1S/C27H29Cl2N5O6S/c1-41(38)33-20-8-4-5-9-21(20)34-25(18-11-10-15(28)12-19(18)29)24(16-6-2-3-7-17(16)27(34)37)26(36)32-39-14-22-30-23(13-35)40-31-22/h2-3,6-7,10-12,20-21,24-25,33,35H,4-5,8-9,13-14H2,1H3,(H,32,36)/p+1/t20-,21?,24+,25-,41?/m0/s1. The molecule has 1 saturated carbocycles. The molecule has 41 heavy (non-hydrogen) atoms. The van der Waals surface area contributed by atoms with E-state index in [2.05, 4.69) is 20.3 Å². The average molecular weight is 624 g/mol. The Bertz CT molecular complexity index is 1460. The highest BCUT2D eigenvalue weighted by atomic mass is 35.5. The number of carbonyl (C=O) groups excluding carboxylic acids is 2. The summed E-state index contributed by atoms with van der Waals surface area (Å²) < 4.78 is 20.3. The zero-order valence-electron chi connectivity index (χ0n) is 22.1. The van der Waals surface area contributed by atoms with Gasteiger partial charge in [-0.05, 0) is 36.6 Å². The Morgan fingerprint density at radius 2 is 1.98 bits per heavy atom. The van der Waals surface area contributed by atoms with E-state index in [-0.39, 0.29) is 36.3 Å². The molecule has 2 heterocycles. The third-order valence-electron chi connectivity index (χ3n) is 7.55. The number of hydrogen-bond acceptors (Lipinski definition) is 8. The normalized spacial score (nSPS) is 25.0. The number of fused-ring (bicyclic) bond motifs is 1. The first-order valence-electron chi connectivity index (χ1n) is 13.2. The minimum atomic E-state index is -1.30. The van der Waals surface area contributed by atoms with Crippen molar-refractivity contribution in [1.82, 2.24) is 20.3 Å². The lowest BCUT2D eigenvalue weighted by molar-refractivity contribution is -0.881. The van der Waals surface area contributed by atoms with Crippen molar-refractivity contribution in [1.29, 1.82) is 0 Å². The smallest absolute Gasteiger partial charge is 0.345 e. The molecule has 4 N–H and O–H groups in total. The number of nitrogens with zero attached hydrogens (tertiary/aromatic N) is 2. The molecular weight excluding hydrogens is 593 g/mol. The van der Waals surface area contributed by atoms with E-state index in [9.17, 15) is 13.8 Å². The summed E-state index contributed by atoms with van der Waals surface area (Å²) in [6.07, 6.45) is 4.82. The van der Waals surface area contributed by atoms with E-state index in [0.717, 1.165) is 19.3 Å². The van der Waals surface area contributed by atoms with Crippen LogP contribution in [-0.4, -0.2) is 49.6 Å². The van der Waals surface area contributed by atoms with E-state index in [4.69, 9.17) is 37.7 Å². The Morgan fingerprint density at radius 1 is 1.20 bits per heavy atom. The van der Waals surface area contributed by atoms with Gasteiger partial charge in [0.1, 0.15) is 31.2 Å². The van der Waals surface area contributed by atoms with Gasteiger partial charge < -0.3 is 9.63 Å². The molecule has 2 aliphatic rings. The summed E-state index contributed by atoms with van der Waals surface area (Å²) in [5.41, 5.74) is 4.05. The Hall–Kier alpha value is -2.71. The van der Waals surface area contributed by atoms with Crippen LogP contribution in [0.25, 0.3) is 0 Å². The molecule has 1 aliphatic carbocycles. The van der Waals surface area contributed by atoms with Crippen LogP contribution in [0.2, 0.25) is 10.0 Å². The van der Waals surface area contributed by atoms with Crippen LogP contribution in [0.5, 0.6) is 0 Å². The van der Waals surface area contributed by atoms with Crippen molar-refractivity contribution in [3.05, 3.63) is 80.9 Å². The number of hydroxylamine groups is 1. The molecule has 218 valence electrons. The molecule has 0 spiro atoms.